The highest BCUT2D eigenvalue weighted by molar-refractivity contribution is 5.41. The largest absolute Gasteiger partial charge is 0.368 e. The van der Waals surface area contributed by atoms with Crippen LogP contribution in [0.1, 0.15) is 31.4 Å². The zero-order valence-electron chi connectivity index (χ0n) is 9.61. The first-order valence-corrected chi connectivity index (χ1v) is 6.08. The molecule has 4 heteroatoms. The highest BCUT2D eigenvalue weighted by atomic mass is 15.1. The second-order valence-electron chi connectivity index (χ2n) is 5.18. The molecule has 2 aliphatic rings. The summed E-state index contributed by atoms with van der Waals surface area (Å²) in [6, 6.07) is 2.58. The lowest BCUT2D eigenvalue weighted by molar-refractivity contribution is 0.439. The third kappa shape index (κ3) is 1.72. The van der Waals surface area contributed by atoms with Crippen LogP contribution >= 0.6 is 0 Å². The molecule has 0 amide bonds. The van der Waals surface area contributed by atoms with E-state index in [9.17, 15) is 0 Å². The van der Waals surface area contributed by atoms with Crippen molar-refractivity contribution in [3.8, 4) is 0 Å². The lowest BCUT2D eigenvalue weighted by Gasteiger charge is -2.23. The topological polar surface area (TPSA) is 63.8 Å². The molecule has 3 atom stereocenters. The first-order valence-electron chi connectivity index (χ1n) is 6.08. The number of aryl methyl sites for hydroxylation is 1. The highest BCUT2D eigenvalue weighted by Gasteiger charge is 2.39. The Morgan fingerprint density at radius 2 is 2.19 bits per heavy atom. The second-order valence-corrected chi connectivity index (χ2v) is 5.18. The monoisotopic (exact) mass is 218 g/mol. The molecule has 2 bridgehead atoms. The van der Waals surface area contributed by atoms with Gasteiger partial charge in [0.15, 0.2) is 0 Å². The molecule has 86 valence electrons. The van der Waals surface area contributed by atoms with Gasteiger partial charge < -0.3 is 11.1 Å². The van der Waals surface area contributed by atoms with Crippen LogP contribution in [-0.2, 0) is 0 Å². The number of anilines is 2. The van der Waals surface area contributed by atoms with Crippen molar-refractivity contribution in [1.82, 2.24) is 9.97 Å². The molecule has 0 aromatic carbocycles. The average molecular weight is 218 g/mol. The van der Waals surface area contributed by atoms with Crippen LogP contribution in [-0.4, -0.2) is 16.0 Å². The molecular formula is C12H18N4. The number of rotatable bonds is 2. The number of aromatic nitrogens is 2. The highest BCUT2D eigenvalue weighted by Crippen LogP contribution is 2.45. The van der Waals surface area contributed by atoms with Gasteiger partial charge in [-0.3, -0.25) is 0 Å². The normalized spacial score (nSPS) is 31.9. The fourth-order valence-corrected chi connectivity index (χ4v) is 3.28. The van der Waals surface area contributed by atoms with E-state index in [2.05, 4.69) is 15.3 Å². The Bertz CT molecular complexity index is 384. The van der Waals surface area contributed by atoms with Crippen molar-refractivity contribution < 1.29 is 0 Å². The molecule has 1 heterocycles. The Balaban J connectivity index is 1.74. The SMILES string of the molecule is Cc1cc(NC2CC3CCC2C3)nc(N)n1. The van der Waals surface area contributed by atoms with Gasteiger partial charge in [0.2, 0.25) is 5.95 Å². The summed E-state index contributed by atoms with van der Waals surface area (Å²) in [5.41, 5.74) is 6.58. The van der Waals surface area contributed by atoms with Crippen LogP contribution in [0.25, 0.3) is 0 Å². The number of nitrogens with two attached hydrogens (primary N) is 1. The predicted octanol–water partition coefficient (Wildman–Crippen LogP) is 1.97. The maximum atomic E-state index is 5.65. The minimum absolute atomic E-state index is 0.366. The summed E-state index contributed by atoms with van der Waals surface area (Å²) in [5.74, 6) is 3.05. The molecule has 3 rings (SSSR count). The summed E-state index contributed by atoms with van der Waals surface area (Å²) in [6.45, 7) is 1.95. The van der Waals surface area contributed by atoms with E-state index in [0.717, 1.165) is 23.3 Å². The van der Waals surface area contributed by atoms with Crippen molar-refractivity contribution >= 4 is 11.8 Å². The van der Waals surface area contributed by atoms with Crippen molar-refractivity contribution in [1.29, 1.82) is 0 Å². The van der Waals surface area contributed by atoms with Gasteiger partial charge in [-0.25, -0.2) is 4.98 Å². The van der Waals surface area contributed by atoms with E-state index in [1.165, 1.54) is 25.7 Å². The fourth-order valence-electron chi connectivity index (χ4n) is 3.28. The maximum absolute atomic E-state index is 5.65. The van der Waals surface area contributed by atoms with Gasteiger partial charge in [-0.15, -0.1) is 0 Å². The van der Waals surface area contributed by atoms with E-state index < -0.39 is 0 Å². The lowest BCUT2D eigenvalue weighted by atomic mass is 9.95. The molecule has 1 aromatic rings. The molecule has 2 saturated carbocycles. The van der Waals surface area contributed by atoms with Gasteiger partial charge in [0.25, 0.3) is 0 Å². The number of hydrogen-bond acceptors (Lipinski definition) is 4. The molecule has 0 aliphatic heterocycles. The van der Waals surface area contributed by atoms with Crippen LogP contribution in [0.4, 0.5) is 11.8 Å². The zero-order valence-corrected chi connectivity index (χ0v) is 9.61. The van der Waals surface area contributed by atoms with Crippen LogP contribution in [0, 0.1) is 18.8 Å². The summed E-state index contributed by atoms with van der Waals surface area (Å²) in [4.78, 5) is 8.32. The molecule has 1 aromatic heterocycles. The van der Waals surface area contributed by atoms with Gasteiger partial charge in [0, 0.05) is 17.8 Å². The van der Waals surface area contributed by atoms with Gasteiger partial charge in [-0.05, 0) is 38.0 Å². The Morgan fingerprint density at radius 1 is 1.31 bits per heavy atom. The van der Waals surface area contributed by atoms with Crippen LogP contribution in [0.3, 0.4) is 0 Å². The smallest absolute Gasteiger partial charge is 0.222 e. The van der Waals surface area contributed by atoms with E-state index in [1.807, 2.05) is 13.0 Å². The average Bonchev–Trinajstić information content (AvgIpc) is 2.77. The quantitative estimate of drug-likeness (QED) is 0.796. The third-order valence-electron chi connectivity index (χ3n) is 3.94. The summed E-state index contributed by atoms with van der Waals surface area (Å²) < 4.78 is 0. The van der Waals surface area contributed by atoms with Gasteiger partial charge in [0.1, 0.15) is 5.82 Å². The lowest BCUT2D eigenvalue weighted by Crippen LogP contribution is -2.26. The van der Waals surface area contributed by atoms with Crippen LogP contribution in [0.15, 0.2) is 6.07 Å². The van der Waals surface area contributed by atoms with Gasteiger partial charge >= 0.3 is 0 Å². The van der Waals surface area contributed by atoms with Gasteiger partial charge in [-0.1, -0.05) is 6.42 Å². The Kier molecular flexibility index (Phi) is 2.23. The summed E-state index contributed by atoms with van der Waals surface area (Å²) in [7, 11) is 0. The maximum Gasteiger partial charge on any atom is 0.222 e. The minimum atomic E-state index is 0.366. The molecule has 2 aliphatic carbocycles. The van der Waals surface area contributed by atoms with Crippen molar-refractivity contribution in [3.63, 3.8) is 0 Å². The Labute approximate surface area is 95.7 Å². The number of fused-ring (bicyclic) bond motifs is 2. The number of nitrogens with one attached hydrogen (secondary N) is 1. The van der Waals surface area contributed by atoms with Crippen LogP contribution < -0.4 is 11.1 Å². The fraction of sp³-hybridized carbons (Fsp3) is 0.667. The first-order chi connectivity index (χ1) is 7.70. The van der Waals surface area contributed by atoms with Gasteiger partial charge in [-0.2, -0.15) is 4.98 Å². The van der Waals surface area contributed by atoms with E-state index in [-0.39, 0.29) is 0 Å². The van der Waals surface area contributed by atoms with Gasteiger partial charge in [0.05, 0.1) is 0 Å². The summed E-state index contributed by atoms with van der Waals surface area (Å²) >= 11 is 0. The summed E-state index contributed by atoms with van der Waals surface area (Å²) in [6.07, 6.45) is 5.50. The van der Waals surface area contributed by atoms with E-state index in [1.54, 1.807) is 0 Å². The Hall–Kier alpha value is -1.32. The molecule has 0 radical (unpaired) electrons. The Morgan fingerprint density at radius 3 is 2.81 bits per heavy atom. The molecule has 3 unspecified atom stereocenters. The molecule has 4 nitrogen and oxygen atoms in total. The van der Waals surface area contributed by atoms with Crippen molar-refractivity contribution in [3.05, 3.63) is 11.8 Å². The van der Waals surface area contributed by atoms with E-state index >= 15 is 0 Å². The van der Waals surface area contributed by atoms with Crippen molar-refractivity contribution in [2.75, 3.05) is 11.1 Å². The van der Waals surface area contributed by atoms with E-state index in [4.69, 9.17) is 5.73 Å². The standard InChI is InChI=1S/C12H18N4/c1-7-4-11(16-12(13)14-7)15-10-6-8-2-3-9(10)5-8/h4,8-10H,2-3,5-6H2,1H3,(H3,13,14,15,16). The van der Waals surface area contributed by atoms with Crippen molar-refractivity contribution in [2.45, 2.75) is 38.6 Å². The second kappa shape index (κ2) is 3.61. The third-order valence-corrected chi connectivity index (χ3v) is 3.94. The number of nitrogens with zero attached hydrogens (tertiary/aromatic N) is 2. The molecule has 0 saturated heterocycles. The first kappa shape index (κ1) is 9.87. The molecule has 16 heavy (non-hydrogen) atoms. The summed E-state index contributed by atoms with van der Waals surface area (Å²) in [5, 5.41) is 3.52. The van der Waals surface area contributed by atoms with E-state index in [0.29, 0.717) is 12.0 Å². The zero-order chi connectivity index (χ0) is 11.1. The molecular weight excluding hydrogens is 200 g/mol. The van der Waals surface area contributed by atoms with Crippen LogP contribution in [0.2, 0.25) is 0 Å². The number of nitrogen functional groups attached to an aromatic ring is 1. The number of hydrogen-bond donors (Lipinski definition) is 2. The molecule has 3 N–H and O–H groups in total. The van der Waals surface area contributed by atoms with Crippen molar-refractivity contribution in [2.24, 2.45) is 11.8 Å². The molecule has 2 fully saturated rings. The minimum Gasteiger partial charge on any atom is -0.368 e. The predicted molar refractivity (Wildman–Crippen MR) is 64.0 cm³/mol. The van der Waals surface area contributed by atoms with Crippen LogP contribution in [0.5, 0.6) is 0 Å². The molecule has 0 spiro atoms.